The van der Waals surface area contributed by atoms with Crippen molar-refractivity contribution in [3.05, 3.63) is 23.3 Å². The zero-order valence-corrected chi connectivity index (χ0v) is 8.87. The molecule has 4 nitrogen and oxygen atoms in total. The molecule has 0 unspecified atom stereocenters. The third-order valence-corrected chi connectivity index (χ3v) is 2.04. The first kappa shape index (κ1) is 11.2. The highest BCUT2D eigenvalue weighted by atomic mass is 16.5. The van der Waals surface area contributed by atoms with Crippen LogP contribution in [0.25, 0.3) is 0 Å². The normalized spacial score (nSPS) is 9.53. The number of methoxy groups -OCH3 is 2. The van der Waals surface area contributed by atoms with Crippen molar-refractivity contribution in [3.8, 4) is 11.5 Å². The molecular weight excluding hydrogens is 196 g/mol. The van der Waals surface area contributed by atoms with E-state index in [0.29, 0.717) is 28.9 Å². The average molecular weight is 208 g/mol. The van der Waals surface area contributed by atoms with E-state index in [1.165, 1.54) is 27.2 Å². The summed E-state index contributed by atoms with van der Waals surface area (Å²) in [5.41, 5.74) is 0.733. The van der Waals surface area contributed by atoms with Gasteiger partial charge in [-0.1, -0.05) is 0 Å². The maximum Gasteiger partial charge on any atom is 0.171 e. The Bertz CT molecular complexity index is 396. The Morgan fingerprint density at radius 2 is 1.93 bits per heavy atom. The first-order valence-electron chi connectivity index (χ1n) is 4.36. The molecule has 0 heterocycles. The standard InChI is InChI=1S/C11H12O4/c1-7(13)8-4-9(6-12)11(15-3)10(5-8)14-2/h4-6H,1-3H3. The van der Waals surface area contributed by atoms with Gasteiger partial charge in [-0.3, -0.25) is 9.59 Å². The van der Waals surface area contributed by atoms with Gasteiger partial charge in [0.2, 0.25) is 0 Å². The molecule has 0 fully saturated rings. The van der Waals surface area contributed by atoms with Crippen LogP contribution in [0.4, 0.5) is 0 Å². The summed E-state index contributed by atoms with van der Waals surface area (Å²) in [6.45, 7) is 1.43. The molecule has 0 saturated heterocycles. The number of benzene rings is 1. The molecular formula is C11H12O4. The van der Waals surface area contributed by atoms with Gasteiger partial charge in [0, 0.05) is 5.56 Å². The van der Waals surface area contributed by atoms with Gasteiger partial charge in [-0.15, -0.1) is 0 Å². The molecule has 0 aliphatic heterocycles. The molecule has 0 radical (unpaired) electrons. The first-order chi connectivity index (χ1) is 7.13. The number of hydrogen-bond donors (Lipinski definition) is 0. The highest BCUT2D eigenvalue weighted by molar-refractivity contribution is 5.97. The third-order valence-electron chi connectivity index (χ3n) is 2.04. The Morgan fingerprint density at radius 1 is 1.27 bits per heavy atom. The van der Waals surface area contributed by atoms with Crippen LogP contribution in [0.3, 0.4) is 0 Å². The summed E-state index contributed by atoms with van der Waals surface area (Å²) in [6.07, 6.45) is 0.633. The number of ether oxygens (including phenoxy) is 2. The lowest BCUT2D eigenvalue weighted by atomic mass is 10.1. The predicted octanol–water partition coefficient (Wildman–Crippen LogP) is 1.72. The first-order valence-corrected chi connectivity index (χ1v) is 4.36. The lowest BCUT2D eigenvalue weighted by Crippen LogP contribution is -2.00. The highest BCUT2D eigenvalue weighted by Gasteiger charge is 2.13. The van der Waals surface area contributed by atoms with Gasteiger partial charge in [-0.25, -0.2) is 0 Å². The number of carbonyl (C=O) groups excluding carboxylic acids is 2. The molecule has 0 aromatic heterocycles. The summed E-state index contributed by atoms with van der Waals surface area (Å²) < 4.78 is 10.1. The molecule has 1 aromatic rings. The van der Waals surface area contributed by atoms with Crippen LogP contribution >= 0.6 is 0 Å². The zero-order valence-electron chi connectivity index (χ0n) is 8.87. The summed E-state index contributed by atoms with van der Waals surface area (Å²) >= 11 is 0. The van der Waals surface area contributed by atoms with E-state index in [2.05, 4.69) is 0 Å². The fraction of sp³-hybridized carbons (Fsp3) is 0.273. The SMILES string of the molecule is COc1cc(C(C)=O)cc(C=O)c1OC. The second kappa shape index (κ2) is 4.59. The molecule has 0 amide bonds. The maximum atomic E-state index is 11.2. The Morgan fingerprint density at radius 3 is 2.33 bits per heavy atom. The smallest absolute Gasteiger partial charge is 0.171 e. The number of carbonyl (C=O) groups is 2. The Hall–Kier alpha value is -1.84. The molecule has 1 rings (SSSR count). The van der Waals surface area contributed by atoms with Gasteiger partial charge in [-0.2, -0.15) is 0 Å². The molecule has 0 aliphatic rings. The van der Waals surface area contributed by atoms with E-state index < -0.39 is 0 Å². The second-order valence-corrected chi connectivity index (χ2v) is 2.98. The van der Waals surface area contributed by atoms with Crippen LogP contribution in [0, 0.1) is 0 Å². The van der Waals surface area contributed by atoms with Crippen LogP contribution in [-0.4, -0.2) is 26.3 Å². The summed E-state index contributed by atoms with van der Waals surface area (Å²) in [6, 6.07) is 3.03. The summed E-state index contributed by atoms with van der Waals surface area (Å²) in [4.78, 5) is 22.0. The van der Waals surface area contributed by atoms with Crippen molar-refractivity contribution >= 4 is 12.1 Å². The average Bonchev–Trinajstić information content (AvgIpc) is 2.26. The van der Waals surface area contributed by atoms with Gasteiger partial charge in [0.25, 0.3) is 0 Å². The van der Waals surface area contributed by atoms with Crippen LogP contribution in [0.1, 0.15) is 27.6 Å². The molecule has 1 aromatic carbocycles. The predicted molar refractivity (Wildman–Crippen MR) is 54.9 cm³/mol. The highest BCUT2D eigenvalue weighted by Crippen LogP contribution is 2.31. The Labute approximate surface area is 87.8 Å². The van der Waals surface area contributed by atoms with Crippen molar-refractivity contribution in [3.63, 3.8) is 0 Å². The molecule has 80 valence electrons. The van der Waals surface area contributed by atoms with Crippen LogP contribution in [-0.2, 0) is 0 Å². The van der Waals surface area contributed by atoms with Gasteiger partial charge in [0.05, 0.1) is 19.8 Å². The summed E-state index contributed by atoms with van der Waals surface area (Å²) in [5.74, 6) is 0.601. The molecule has 15 heavy (non-hydrogen) atoms. The van der Waals surface area contributed by atoms with Crippen molar-refractivity contribution in [2.45, 2.75) is 6.92 Å². The molecule has 0 N–H and O–H groups in total. The maximum absolute atomic E-state index is 11.2. The van der Waals surface area contributed by atoms with Gasteiger partial charge >= 0.3 is 0 Å². The molecule has 0 bridgehead atoms. The van der Waals surface area contributed by atoms with Gasteiger partial charge < -0.3 is 9.47 Å². The van der Waals surface area contributed by atoms with E-state index in [9.17, 15) is 9.59 Å². The number of aldehydes is 1. The fourth-order valence-corrected chi connectivity index (χ4v) is 1.28. The minimum atomic E-state index is -0.126. The van der Waals surface area contributed by atoms with Crippen molar-refractivity contribution in [2.24, 2.45) is 0 Å². The van der Waals surface area contributed by atoms with Crippen LogP contribution in [0.2, 0.25) is 0 Å². The van der Waals surface area contributed by atoms with E-state index in [1.54, 1.807) is 6.07 Å². The number of ketones is 1. The van der Waals surface area contributed by atoms with Crippen LogP contribution in [0.15, 0.2) is 12.1 Å². The van der Waals surface area contributed by atoms with Gasteiger partial charge in [0.15, 0.2) is 23.6 Å². The molecule has 0 atom stereocenters. The van der Waals surface area contributed by atoms with Crippen molar-refractivity contribution in [2.75, 3.05) is 14.2 Å². The fourth-order valence-electron chi connectivity index (χ4n) is 1.28. The molecule has 0 spiro atoms. The molecule has 0 aliphatic carbocycles. The third kappa shape index (κ3) is 2.15. The van der Waals surface area contributed by atoms with E-state index >= 15 is 0 Å². The lowest BCUT2D eigenvalue weighted by Gasteiger charge is -2.10. The summed E-state index contributed by atoms with van der Waals surface area (Å²) in [5, 5.41) is 0. The number of hydrogen-bond acceptors (Lipinski definition) is 4. The lowest BCUT2D eigenvalue weighted by molar-refractivity contribution is 0.101. The van der Waals surface area contributed by atoms with E-state index in [4.69, 9.17) is 9.47 Å². The minimum absolute atomic E-state index is 0.126. The molecule has 0 saturated carbocycles. The van der Waals surface area contributed by atoms with E-state index in [0.717, 1.165) is 0 Å². The van der Waals surface area contributed by atoms with Gasteiger partial charge in [-0.05, 0) is 19.1 Å². The quantitative estimate of drug-likeness (QED) is 0.558. The second-order valence-electron chi connectivity index (χ2n) is 2.98. The van der Waals surface area contributed by atoms with E-state index in [-0.39, 0.29) is 5.78 Å². The summed E-state index contributed by atoms with van der Waals surface area (Å²) in [7, 11) is 2.90. The zero-order chi connectivity index (χ0) is 11.4. The topological polar surface area (TPSA) is 52.6 Å². The van der Waals surface area contributed by atoms with Gasteiger partial charge in [0.1, 0.15) is 0 Å². The van der Waals surface area contributed by atoms with Crippen molar-refractivity contribution in [1.29, 1.82) is 0 Å². The van der Waals surface area contributed by atoms with Crippen molar-refractivity contribution < 1.29 is 19.1 Å². The van der Waals surface area contributed by atoms with E-state index in [1.807, 2.05) is 0 Å². The number of rotatable bonds is 4. The Kier molecular flexibility index (Phi) is 3.44. The monoisotopic (exact) mass is 208 g/mol. The Balaban J connectivity index is 3.42. The van der Waals surface area contributed by atoms with Crippen LogP contribution in [0.5, 0.6) is 11.5 Å². The van der Waals surface area contributed by atoms with Crippen molar-refractivity contribution in [1.82, 2.24) is 0 Å². The largest absolute Gasteiger partial charge is 0.493 e. The number of Topliss-reactive ketones (excluding diaryl/α,β-unsaturated/α-hetero) is 1. The van der Waals surface area contributed by atoms with Crippen LogP contribution < -0.4 is 9.47 Å². The minimum Gasteiger partial charge on any atom is -0.493 e. The molecule has 4 heteroatoms.